The molecule has 0 fully saturated rings. The van der Waals surface area contributed by atoms with Crippen LogP contribution in [0.25, 0.3) is 16.9 Å². The summed E-state index contributed by atoms with van der Waals surface area (Å²) in [5.74, 6) is -0.163. The molecule has 122 valence electrons. The molecule has 0 spiro atoms. The van der Waals surface area contributed by atoms with Crippen LogP contribution < -0.4 is 5.32 Å². The molecule has 1 N–H and O–H groups in total. The molecule has 25 heavy (non-hydrogen) atoms. The van der Waals surface area contributed by atoms with E-state index in [1.165, 1.54) is 0 Å². The molecule has 0 bridgehead atoms. The van der Waals surface area contributed by atoms with Crippen LogP contribution in [0.4, 0.5) is 5.69 Å². The zero-order chi connectivity index (χ0) is 17.2. The second kappa shape index (κ2) is 6.45. The summed E-state index contributed by atoms with van der Waals surface area (Å²) in [6.45, 7) is 0. The third kappa shape index (κ3) is 3.14. The fourth-order valence-corrected chi connectivity index (χ4v) is 2.92. The summed E-state index contributed by atoms with van der Waals surface area (Å²) in [7, 11) is 0. The van der Waals surface area contributed by atoms with Gasteiger partial charge in [-0.25, -0.2) is 0 Å². The molecular weight excluding hydrogens is 382 g/mol. The number of carbonyl (C=O) groups is 1. The van der Waals surface area contributed by atoms with E-state index < -0.39 is 0 Å². The Morgan fingerprint density at radius 2 is 1.80 bits per heavy atom. The van der Waals surface area contributed by atoms with Gasteiger partial charge in [-0.05, 0) is 52.3 Å². The first-order chi connectivity index (χ1) is 12.2. The number of carbonyl (C=O) groups excluding carboxylic acids is 1. The summed E-state index contributed by atoms with van der Waals surface area (Å²) in [4.78, 5) is 12.3. The van der Waals surface area contributed by atoms with Gasteiger partial charge >= 0.3 is 0 Å². The van der Waals surface area contributed by atoms with Gasteiger partial charge in [0, 0.05) is 15.7 Å². The molecule has 4 rings (SSSR count). The van der Waals surface area contributed by atoms with Gasteiger partial charge in [-0.3, -0.25) is 4.79 Å². The van der Waals surface area contributed by atoms with Crippen molar-refractivity contribution in [3.05, 3.63) is 77.0 Å². The molecule has 0 aliphatic rings. The molecule has 0 aliphatic heterocycles. The Labute approximate surface area is 151 Å². The first-order valence-corrected chi connectivity index (χ1v) is 8.33. The first kappa shape index (κ1) is 15.5. The smallest absolute Gasteiger partial charge is 0.256 e. The number of hydrogen-bond donors (Lipinski definition) is 1. The van der Waals surface area contributed by atoms with Crippen LogP contribution in [0.15, 0.2) is 71.5 Å². The normalized spacial score (nSPS) is 10.8. The highest BCUT2D eigenvalue weighted by Gasteiger charge is 2.10. The van der Waals surface area contributed by atoms with Gasteiger partial charge in [0.25, 0.3) is 5.91 Å². The molecule has 0 atom stereocenters. The number of halogens is 1. The van der Waals surface area contributed by atoms with Gasteiger partial charge in [0.15, 0.2) is 5.65 Å². The molecule has 7 heteroatoms. The minimum absolute atomic E-state index is 0.163. The standard InChI is InChI=1S/C18H12BrN5O/c19-15-4-2-1-3-14(15)18(25)21-13-7-5-12(6-8-13)16-9-10-17-22-20-11-24(17)23-16/h1-11H,(H,21,25). The summed E-state index contributed by atoms with van der Waals surface area (Å²) < 4.78 is 2.38. The molecule has 1 amide bonds. The van der Waals surface area contributed by atoms with Gasteiger partial charge in [-0.2, -0.15) is 9.61 Å². The van der Waals surface area contributed by atoms with Gasteiger partial charge in [0.05, 0.1) is 11.3 Å². The third-order valence-electron chi connectivity index (χ3n) is 3.72. The number of fused-ring (bicyclic) bond motifs is 1. The van der Waals surface area contributed by atoms with Gasteiger partial charge in [0.2, 0.25) is 0 Å². The van der Waals surface area contributed by atoms with E-state index in [0.717, 1.165) is 21.4 Å². The highest BCUT2D eigenvalue weighted by molar-refractivity contribution is 9.10. The Morgan fingerprint density at radius 3 is 2.60 bits per heavy atom. The topological polar surface area (TPSA) is 72.2 Å². The SMILES string of the molecule is O=C(Nc1ccc(-c2ccc3nncn3n2)cc1)c1ccccc1Br. The van der Waals surface area contributed by atoms with Gasteiger partial charge in [-0.15, -0.1) is 10.2 Å². The average molecular weight is 394 g/mol. The van der Waals surface area contributed by atoms with Gasteiger partial charge in [-0.1, -0.05) is 24.3 Å². The predicted octanol–water partition coefficient (Wildman–Crippen LogP) is 3.81. The quantitative estimate of drug-likeness (QED) is 0.574. The third-order valence-corrected chi connectivity index (χ3v) is 4.41. The van der Waals surface area contributed by atoms with E-state index in [1.54, 1.807) is 16.9 Å². The molecule has 0 saturated carbocycles. The number of benzene rings is 2. The minimum atomic E-state index is -0.163. The maximum Gasteiger partial charge on any atom is 0.256 e. The number of amides is 1. The Bertz CT molecular complexity index is 1060. The Balaban J connectivity index is 1.55. The second-order valence-electron chi connectivity index (χ2n) is 5.36. The zero-order valence-corrected chi connectivity index (χ0v) is 14.5. The maximum absolute atomic E-state index is 12.3. The lowest BCUT2D eigenvalue weighted by Crippen LogP contribution is -2.12. The maximum atomic E-state index is 12.3. The average Bonchev–Trinajstić information content (AvgIpc) is 3.10. The van der Waals surface area contributed by atoms with E-state index in [-0.39, 0.29) is 5.91 Å². The van der Waals surface area contributed by atoms with E-state index in [9.17, 15) is 4.79 Å². The predicted molar refractivity (Wildman–Crippen MR) is 98.3 cm³/mol. The van der Waals surface area contributed by atoms with E-state index in [2.05, 4.69) is 36.5 Å². The molecule has 0 saturated heterocycles. The van der Waals surface area contributed by atoms with Crippen LogP contribution in [0.1, 0.15) is 10.4 Å². The molecule has 4 aromatic rings. The number of hydrogen-bond acceptors (Lipinski definition) is 4. The monoisotopic (exact) mass is 393 g/mol. The lowest BCUT2D eigenvalue weighted by molar-refractivity contribution is 0.102. The van der Waals surface area contributed by atoms with Crippen molar-refractivity contribution in [3.63, 3.8) is 0 Å². The van der Waals surface area contributed by atoms with Crippen molar-refractivity contribution in [2.75, 3.05) is 5.32 Å². The largest absolute Gasteiger partial charge is 0.322 e. The summed E-state index contributed by atoms with van der Waals surface area (Å²) >= 11 is 3.39. The summed E-state index contributed by atoms with van der Waals surface area (Å²) in [6.07, 6.45) is 1.56. The fraction of sp³-hybridized carbons (Fsp3) is 0. The summed E-state index contributed by atoms with van der Waals surface area (Å²) in [5, 5.41) is 15.1. The lowest BCUT2D eigenvalue weighted by Gasteiger charge is -2.08. The van der Waals surface area contributed by atoms with Crippen molar-refractivity contribution in [2.45, 2.75) is 0 Å². The number of nitrogens with one attached hydrogen (secondary N) is 1. The second-order valence-corrected chi connectivity index (χ2v) is 6.22. The minimum Gasteiger partial charge on any atom is -0.322 e. The van der Waals surface area contributed by atoms with Crippen LogP contribution in [0.3, 0.4) is 0 Å². The number of nitrogens with zero attached hydrogens (tertiary/aromatic N) is 4. The van der Waals surface area contributed by atoms with Crippen LogP contribution in [0.5, 0.6) is 0 Å². The molecule has 2 aromatic heterocycles. The molecule has 2 aromatic carbocycles. The van der Waals surface area contributed by atoms with Crippen molar-refractivity contribution in [1.29, 1.82) is 0 Å². The van der Waals surface area contributed by atoms with Crippen molar-refractivity contribution in [2.24, 2.45) is 0 Å². The van der Waals surface area contributed by atoms with E-state index in [4.69, 9.17) is 0 Å². The van der Waals surface area contributed by atoms with Gasteiger partial charge in [0.1, 0.15) is 6.33 Å². The van der Waals surface area contributed by atoms with Crippen LogP contribution in [0.2, 0.25) is 0 Å². The van der Waals surface area contributed by atoms with Crippen molar-refractivity contribution >= 4 is 33.2 Å². The zero-order valence-electron chi connectivity index (χ0n) is 12.9. The Morgan fingerprint density at radius 1 is 1.00 bits per heavy atom. The highest BCUT2D eigenvalue weighted by atomic mass is 79.9. The lowest BCUT2D eigenvalue weighted by atomic mass is 10.1. The fourth-order valence-electron chi connectivity index (χ4n) is 2.45. The Kier molecular flexibility index (Phi) is 3.99. The molecule has 0 unspecified atom stereocenters. The highest BCUT2D eigenvalue weighted by Crippen LogP contribution is 2.21. The first-order valence-electron chi connectivity index (χ1n) is 7.54. The van der Waals surface area contributed by atoms with Crippen molar-refractivity contribution in [1.82, 2.24) is 19.8 Å². The molecular formula is C18H12BrN5O. The molecule has 0 radical (unpaired) electrons. The van der Waals surface area contributed by atoms with Crippen LogP contribution in [-0.4, -0.2) is 25.7 Å². The number of aromatic nitrogens is 4. The summed E-state index contributed by atoms with van der Waals surface area (Å²) in [5.41, 5.74) is 3.74. The van der Waals surface area contributed by atoms with E-state index in [0.29, 0.717) is 11.2 Å². The van der Waals surface area contributed by atoms with E-state index >= 15 is 0 Å². The molecule has 2 heterocycles. The number of anilines is 1. The van der Waals surface area contributed by atoms with Crippen molar-refractivity contribution in [3.8, 4) is 11.3 Å². The van der Waals surface area contributed by atoms with Gasteiger partial charge < -0.3 is 5.32 Å². The van der Waals surface area contributed by atoms with Crippen LogP contribution >= 0.6 is 15.9 Å². The van der Waals surface area contributed by atoms with Crippen LogP contribution in [0, 0.1) is 0 Å². The Hall–Kier alpha value is -3.06. The number of rotatable bonds is 3. The van der Waals surface area contributed by atoms with Crippen molar-refractivity contribution < 1.29 is 4.79 Å². The van der Waals surface area contributed by atoms with Crippen LogP contribution in [-0.2, 0) is 0 Å². The summed E-state index contributed by atoms with van der Waals surface area (Å²) in [6, 6.07) is 18.6. The molecule has 0 aliphatic carbocycles. The van der Waals surface area contributed by atoms with E-state index in [1.807, 2.05) is 54.6 Å². The molecule has 6 nitrogen and oxygen atoms in total.